The number of piperidine rings is 1. The van der Waals surface area contributed by atoms with Crippen molar-refractivity contribution in [2.45, 2.75) is 58.8 Å². The number of alkyl halides is 2. The van der Waals surface area contributed by atoms with Gasteiger partial charge in [-0.3, -0.25) is 9.59 Å². The van der Waals surface area contributed by atoms with E-state index in [-0.39, 0.29) is 36.5 Å². The summed E-state index contributed by atoms with van der Waals surface area (Å²) in [5.41, 5.74) is 2.29. The summed E-state index contributed by atoms with van der Waals surface area (Å²) in [6, 6.07) is 15.7. The fourth-order valence-electron chi connectivity index (χ4n) is 6.10. The second kappa shape index (κ2) is 13.6. The highest BCUT2D eigenvalue weighted by atomic mass is 19.3. The van der Waals surface area contributed by atoms with Gasteiger partial charge in [0.25, 0.3) is 11.8 Å². The van der Waals surface area contributed by atoms with Gasteiger partial charge in [-0.25, -0.2) is 13.8 Å². The van der Waals surface area contributed by atoms with Crippen molar-refractivity contribution in [1.29, 1.82) is 0 Å². The van der Waals surface area contributed by atoms with E-state index in [2.05, 4.69) is 31.1 Å². The maximum Gasteiger partial charge on any atom is 0.307 e. The zero-order valence-corrected chi connectivity index (χ0v) is 26.9. The second-order valence-electron chi connectivity index (χ2n) is 13.7. The molecule has 0 radical (unpaired) electrons. The van der Waals surface area contributed by atoms with Crippen LogP contribution in [0.2, 0.25) is 0 Å². The molecule has 2 heterocycles. The first-order chi connectivity index (χ1) is 21.8. The SMILES string of the molecule is COc1ccc(C(=O)Nc2ncccc2CC(C)(C)C)c(N2CC[C@@H](COc3cccc(C[C@H](C(=O)O)C4CC4)c3)C(F)(F)C2)c1. The summed E-state index contributed by atoms with van der Waals surface area (Å²) in [6.45, 7) is 5.83. The van der Waals surface area contributed by atoms with Crippen LogP contribution in [0.3, 0.4) is 0 Å². The molecular weight excluding hydrogens is 592 g/mol. The minimum atomic E-state index is -3.10. The number of hydrogen-bond acceptors (Lipinski definition) is 6. The highest BCUT2D eigenvalue weighted by molar-refractivity contribution is 6.08. The number of aromatic nitrogens is 1. The highest BCUT2D eigenvalue weighted by Crippen LogP contribution is 2.40. The van der Waals surface area contributed by atoms with Gasteiger partial charge in [0, 0.05) is 18.8 Å². The molecule has 0 unspecified atom stereocenters. The van der Waals surface area contributed by atoms with Crippen molar-refractivity contribution >= 4 is 23.4 Å². The van der Waals surface area contributed by atoms with Crippen LogP contribution in [0, 0.1) is 23.2 Å². The Morgan fingerprint density at radius 2 is 1.87 bits per heavy atom. The van der Waals surface area contributed by atoms with E-state index in [1.165, 1.54) is 12.0 Å². The number of nitrogens with zero attached hydrogens (tertiary/aromatic N) is 2. The molecule has 2 aromatic carbocycles. The summed E-state index contributed by atoms with van der Waals surface area (Å²) in [7, 11) is 1.49. The van der Waals surface area contributed by atoms with Gasteiger partial charge in [-0.1, -0.05) is 39.0 Å². The van der Waals surface area contributed by atoms with E-state index in [1.54, 1.807) is 42.6 Å². The molecule has 1 saturated carbocycles. The number of aliphatic carboxylic acids is 1. The van der Waals surface area contributed by atoms with Crippen molar-refractivity contribution in [2.75, 3.05) is 37.0 Å². The van der Waals surface area contributed by atoms with Crippen LogP contribution in [0.4, 0.5) is 20.3 Å². The number of hydrogen-bond donors (Lipinski definition) is 2. The zero-order chi connectivity index (χ0) is 33.1. The third-order valence-electron chi connectivity index (χ3n) is 8.69. The number of methoxy groups -OCH3 is 1. The third kappa shape index (κ3) is 8.33. The average molecular weight is 636 g/mol. The molecule has 10 heteroatoms. The number of carboxylic acid groups (broad SMARTS) is 1. The molecule has 46 heavy (non-hydrogen) atoms. The molecule has 1 amide bonds. The quantitative estimate of drug-likeness (QED) is 0.219. The lowest BCUT2D eigenvalue weighted by Gasteiger charge is -2.40. The molecule has 2 atom stereocenters. The number of carbonyl (C=O) groups excluding carboxylic acids is 1. The number of amides is 1. The molecule has 0 spiro atoms. The molecular formula is C36H43F2N3O5. The third-order valence-corrected chi connectivity index (χ3v) is 8.69. The number of carboxylic acids is 1. The van der Waals surface area contributed by atoms with E-state index in [0.717, 1.165) is 24.0 Å². The van der Waals surface area contributed by atoms with Crippen molar-refractivity contribution in [3.05, 3.63) is 77.5 Å². The van der Waals surface area contributed by atoms with Crippen molar-refractivity contribution < 1.29 is 33.0 Å². The smallest absolute Gasteiger partial charge is 0.307 e. The predicted molar refractivity (Wildman–Crippen MR) is 173 cm³/mol. The Hall–Kier alpha value is -4.21. The Bertz CT molecular complexity index is 1550. The van der Waals surface area contributed by atoms with Crippen LogP contribution in [0.1, 0.15) is 61.5 Å². The molecule has 1 aliphatic heterocycles. The number of rotatable bonds is 12. The van der Waals surface area contributed by atoms with Crippen molar-refractivity contribution in [3.8, 4) is 11.5 Å². The van der Waals surface area contributed by atoms with Crippen molar-refractivity contribution in [2.24, 2.45) is 23.2 Å². The Morgan fingerprint density at radius 3 is 2.54 bits per heavy atom. The molecule has 1 aliphatic carbocycles. The molecule has 246 valence electrons. The number of pyridine rings is 1. The molecule has 8 nitrogen and oxygen atoms in total. The Balaban J connectivity index is 1.27. The Morgan fingerprint density at radius 1 is 1.09 bits per heavy atom. The number of ether oxygens (including phenoxy) is 2. The Labute approximate surface area is 269 Å². The summed E-state index contributed by atoms with van der Waals surface area (Å²) in [6.07, 6.45) is 4.68. The average Bonchev–Trinajstić information content (AvgIpc) is 3.84. The summed E-state index contributed by atoms with van der Waals surface area (Å²) in [5.74, 6) is -4.28. The monoisotopic (exact) mass is 635 g/mol. The van der Waals surface area contributed by atoms with Gasteiger partial charge >= 0.3 is 5.97 Å². The van der Waals surface area contributed by atoms with Gasteiger partial charge in [-0.15, -0.1) is 0 Å². The number of carbonyl (C=O) groups is 2. The normalized spacial score (nSPS) is 18.5. The van der Waals surface area contributed by atoms with E-state index in [9.17, 15) is 14.7 Å². The number of benzene rings is 2. The maximum atomic E-state index is 15.7. The predicted octanol–water partition coefficient (Wildman–Crippen LogP) is 7.13. The highest BCUT2D eigenvalue weighted by Gasteiger charge is 2.45. The van der Waals surface area contributed by atoms with Gasteiger partial charge < -0.3 is 24.8 Å². The number of halogens is 2. The summed E-state index contributed by atoms with van der Waals surface area (Å²) >= 11 is 0. The van der Waals surface area contributed by atoms with Gasteiger partial charge in [0.1, 0.15) is 17.3 Å². The minimum absolute atomic E-state index is 0.0321. The van der Waals surface area contributed by atoms with Crippen molar-refractivity contribution in [1.82, 2.24) is 4.98 Å². The molecule has 2 N–H and O–H groups in total. The summed E-state index contributed by atoms with van der Waals surface area (Å²) in [5, 5.41) is 12.5. The van der Waals surface area contributed by atoms with E-state index in [1.807, 2.05) is 18.2 Å². The molecule has 0 bridgehead atoms. The molecule has 3 aromatic rings. The summed E-state index contributed by atoms with van der Waals surface area (Å²) < 4.78 is 42.6. The zero-order valence-electron chi connectivity index (χ0n) is 26.9. The Kier molecular flexibility index (Phi) is 9.84. The van der Waals surface area contributed by atoms with Gasteiger partial charge in [0.15, 0.2) is 0 Å². The van der Waals surface area contributed by atoms with Crippen LogP contribution < -0.4 is 19.7 Å². The molecule has 2 fully saturated rings. The molecule has 1 saturated heterocycles. The van der Waals surface area contributed by atoms with E-state index >= 15 is 8.78 Å². The first kappa shape index (κ1) is 33.2. The van der Waals surface area contributed by atoms with Gasteiger partial charge in [0.2, 0.25) is 0 Å². The standard InChI is InChI=1S/C36H43F2N3O5/c1-35(2,3)20-25-8-6-15-39-32(25)40-33(42)29-13-12-27(45-4)19-31(29)41-16-14-26(36(37,38)22-41)21-46-28-9-5-7-23(17-28)18-30(34(43)44)24-10-11-24/h5-9,12-13,15,17,19,24,26,30H,10-11,14,16,18,20-22H2,1-4H3,(H,43,44)(H,39,40,42)/t26-,30-/m0/s1. The van der Waals surface area contributed by atoms with Gasteiger partial charge in [-0.2, -0.15) is 0 Å². The van der Waals surface area contributed by atoms with E-state index < -0.39 is 36.2 Å². The maximum absolute atomic E-state index is 15.7. The number of nitrogens with one attached hydrogen (secondary N) is 1. The van der Waals surface area contributed by atoms with Crippen LogP contribution in [0.5, 0.6) is 11.5 Å². The van der Waals surface area contributed by atoms with E-state index in [0.29, 0.717) is 35.8 Å². The van der Waals surface area contributed by atoms with Crippen molar-refractivity contribution in [3.63, 3.8) is 0 Å². The van der Waals surface area contributed by atoms with Gasteiger partial charge in [-0.05, 0) is 84.9 Å². The molecule has 2 aliphatic rings. The minimum Gasteiger partial charge on any atom is -0.497 e. The largest absolute Gasteiger partial charge is 0.497 e. The number of anilines is 2. The molecule has 1 aromatic heterocycles. The van der Waals surface area contributed by atoms with Crippen LogP contribution in [-0.2, 0) is 17.6 Å². The van der Waals surface area contributed by atoms with Crippen LogP contribution in [-0.4, -0.2) is 54.7 Å². The first-order valence-electron chi connectivity index (χ1n) is 15.8. The topological polar surface area (TPSA) is 101 Å². The lowest BCUT2D eigenvalue weighted by atomic mass is 9.88. The first-order valence-corrected chi connectivity index (χ1v) is 15.8. The van der Waals surface area contributed by atoms with Crippen LogP contribution >= 0.6 is 0 Å². The lowest BCUT2D eigenvalue weighted by Crippen LogP contribution is -2.50. The van der Waals surface area contributed by atoms with Gasteiger partial charge in [0.05, 0.1) is 43.3 Å². The van der Waals surface area contributed by atoms with Crippen LogP contribution in [0.25, 0.3) is 0 Å². The molecule has 5 rings (SSSR count). The second-order valence-corrected chi connectivity index (χ2v) is 13.7. The van der Waals surface area contributed by atoms with Crippen LogP contribution in [0.15, 0.2) is 60.8 Å². The fraction of sp³-hybridized carbons (Fsp3) is 0.472. The van der Waals surface area contributed by atoms with E-state index in [4.69, 9.17) is 9.47 Å². The summed E-state index contributed by atoms with van der Waals surface area (Å²) in [4.78, 5) is 31.2. The lowest BCUT2D eigenvalue weighted by molar-refractivity contribution is -0.142. The fourth-order valence-corrected chi connectivity index (χ4v) is 6.10.